The van der Waals surface area contributed by atoms with Crippen molar-refractivity contribution >= 4 is 11.3 Å². The van der Waals surface area contributed by atoms with E-state index in [1.807, 2.05) is 22.7 Å². The Morgan fingerprint density at radius 1 is 1.50 bits per heavy atom. The van der Waals surface area contributed by atoms with Crippen LogP contribution >= 0.6 is 0 Å². The molecule has 0 saturated carbocycles. The summed E-state index contributed by atoms with van der Waals surface area (Å²) in [6, 6.07) is 3.82. The van der Waals surface area contributed by atoms with Gasteiger partial charge in [-0.3, -0.25) is 0 Å². The number of likely N-dealkylation sites (tertiary alicyclic amines) is 1. The molecule has 0 bridgehead atoms. The highest BCUT2D eigenvalue weighted by molar-refractivity contribution is 5.52. The van der Waals surface area contributed by atoms with Crippen LogP contribution in [-0.4, -0.2) is 34.4 Å². The first kappa shape index (κ1) is 9.66. The first-order valence-corrected chi connectivity index (χ1v) is 5.65. The third-order valence-electron chi connectivity index (χ3n) is 3.31. The van der Waals surface area contributed by atoms with Crippen LogP contribution in [0.3, 0.4) is 0 Å². The van der Waals surface area contributed by atoms with Gasteiger partial charge in [-0.05, 0) is 26.1 Å². The van der Waals surface area contributed by atoms with Crippen LogP contribution in [0, 0.1) is 0 Å². The molecule has 3 rings (SSSR count). The maximum Gasteiger partial charge on any atom is 0.139 e. The van der Waals surface area contributed by atoms with Crippen LogP contribution in [0.4, 0.5) is 5.69 Å². The first-order chi connectivity index (χ1) is 7.72. The number of likely N-dealkylation sites (N-methyl/N-ethyl adjacent to an activating group) is 1. The van der Waals surface area contributed by atoms with E-state index in [2.05, 4.69) is 23.1 Å². The van der Waals surface area contributed by atoms with Crippen LogP contribution in [0.2, 0.25) is 0 Å². The van der Waals surface area contributed by atoms with Gasteiger partial charge in [-0.2, -0.15) is 0 Å². The molecule has 16 heavy (non-hydrogen) atoms. The monoisotopic (exact) mass is 216 g/mol. The summed E-state index contributed by atoms with van der Waals surface area (Å²) in [5.74, 6) is 0.575. The van der Waals surface area contributed by atoms with Gasteiger partial charge in [0.05, 0.1) is 5.69 Å². The van der Waals surface area contributed by atoms with E-state index in [1.165, 1.54) is 18.7 Å². The van der Waals surface area contributed by atoms with Crippen LogP contribution in [0.15, 0.2) is 24.5 Å². The number of hydrogen-bond acceptors (Lipinski definition) is 3. The zero-order chi connectivity index (χ0) is 11.1. The molecule has 2 N–H and O–H groups in total. The lowest BCUT2D eigenvalue weighted by atomic mass is 10.1. The highest BCUT2D eigenvalue weighted by atomic mass is 15.1. The number of hydrogen-bond donors (Lipinski definition) is 1. The minimum absolute atomic E-state index is 0.575. The van der Waals surface area contributed by atoms with Gasteiger partial charge in [0.1, 0.15) is 5.65 Å². The van der Waals surface area contributed by atoms with Gasteiger partial charge in [0.25, 0.3) is 0 Å². The Kier molecular flexibility index (Phi) is 2.11. The molecule has 0 radical (unpaired) electrons. The Bertz CT molecular complexity index is 517. The summed E-state index contributed by atoms with van der Waals surface area (Å²) < 4.78 is 2.05. The summed E-state index contributed by atoms with van der Waals surface area (Å²) in [5.41, 5.74) is 8.66. The zero-order valence-electron chi connectivity index (χ0n) is 9.43. The summed E-state index contributed by atoms with van der Waals surface area (Å²) in [6.07, 6.45) is 5.30. The van der Waals surface area contributed by atoms with E-state index in [4.69, 9.17) is 5.73 Å². The maximum absolute atomic E-state index is 5.75. The number of pyridine rings is 1. The van der Waals surface area contributed by atoms with Crippen LogP contribution in [-0.2, 0) is 0 Å². The number of nitrogen functional groups attached to an aromatic ring is 1. The molecule has 1 fully saturated rings. The molecule has 1 atom stereocenters. The molecule has 4 heteroatoms. The van der Waals surface area contributed by atoms with Gasteiger partial charge < -0.3 is 15.0 Å². The van der Waals surface area contributed by atoms with Crippen molar-refractivity contribution in [2.24, 2.45) is 0 Å². The van der Waals surface area contributed by atoms with E-state index in [0.717, 1.165) is 17.9 Å². The zero-order valence-corrected chi connectivity index (χ0v) is 9.43. The van der Waals surface area contributed by atoms with Gasteiger partial charge >= 0.3 is 0 Å². The van der Waals surface area contributed by atoms with Gasteiger partial charge in [-0.1, -0.05) is 0 Å². The highest BCUT2D eigenvalue weighted by Crippen LogP contribution is 2.25. The van der Waals surface area contributed by atoms with Crippen molar-refractivity contribution in [1.29, 1.82) is 0 Å². The SMILES string of the molecule is CN1CCC(c2cn3ccc(N)cc3n2)C1. The highest BCUT2D eigenvalue weighted by Gasteiger charge is 2.23. The molecular weight excluding hydrogens is 200 g/mol. The summed E-state index contributed by atoms with van der Waals surface area (Å²) in [4.78, 5) is 7.00. The van der Waals surface area contributed by atoms with E-state index in [1.54, 1.807) is 0 Å². The van der Waals surface area contributed by atoms with Gasteiger partial charge in [0.2, 0.25) is 0 Å². The fourth-order valence-electron chi connectivity index (χ4n) is 2.39. The predicted molar refractivity (Wildman–Crippen MR) is 64.5 cm³/mol. The third kappa shape index (κ3) is 1.55. The van der Waals surface area contributed by atoms with Crippen LogP contribution in [0.5, 0.6) is 0 Å². The van der Waals surface area contributed by atoms with Gasteiger partial charge in [-0.25, -0.2) is 4.98 Å². The lowest BCUT2D eigenvalue weighted by molar-refractivity contribution is 0.411. The van der Waals surface area contributed by atoms with Crippen molar-refractivity contribution in [3.05, 3.63) is 30.2 Å². The molecule has 1 saturated heterocycles. The van der Waals surface area contributed by atoms with Gasteiger partial charge in [-0.15, -0.1) is 0 Å². The molecule has 0 aliphatic carbocycles. The molecule has 0 aromatic carbocycles. The average molecular weight is 216 g/mol. The molecule has 84 valence electrons. The Labute approximate surface area is 94.7 Å². The van der Waals surface area contributed by atoms with Gasteiger partial charge in [0.15, 0.2) is 0 Å². The predicted octanol–water partition coefficient (Wildman–Crippen LogP) is 1.34. The lowest BCUT2D eigenvalue weighted by Gasteiger charge is -2.06. The lowest BCUT2D eigenvalue weighted by Crippen LogP contribution is -2.13. The summed E-state index contributed by atoms with van der Waals surface area (Å²) in [7, 11) is 2.16. The molecule has 0 amide bonds. The molecule has 0 spiro atoms. The van der Waals surface area contributed by atoms with E-state index >= 15 is 0 Å². The Morgan fingerprint density at radius 3 is 3.12 bits per heavy atom. The standard InChI is InChI=1S/C12H16N4/c1-15-4-2-9(7-15)11-8-16-5-3-10(13)6-12(16)14-11/h3,5-6,8-9H,2,4,7,13H2,1H3. The first-order valence-electron chi connectivity index (χ1n) is 5.65. The number of nitrogens with two attached hydrogens (primary N) is 1. The molecule has 3 heterocycles. The molecular formula is C12H16N4. The number of aromatic nitrogens is 2. The summed E-state index contributed by atoms with van der Waals surface area (Å²) >= 11 is 0. The Hall–Kier alpha value is -1.55. The molecule has 4 nitrogen and oxygen atoms in total. The fraction of sp³-hybridized carbons (Fsp3) is 0.417. The van der Waals surface area contributed by atoms with E-state index in [9.17, 15) is 0 Å². The number of fused-ring (bicyclic) bond motifs is 1. The van der Waals surface area contributed by atoms with E-state index in [-0.39, 0.29) is 0 Å². The second-order valence-corrected chi connectivity index (χ2v) is 4.64. The smallest absolute Gasteiger partial charge is 0.139 e. The van der Waals surface area contributed by atoms with Crippen molar-refractivity contribution < 1.29 is 0 Å². The van der Waals surface area contributed by atoms with E-state index < -0.39 is 0 Å². The third-order valence-corrected chi connectivity index (χ3v) is 3.31. The maximum atomic E-state index is 5.75. The second kappa shape index (κ2) is 3.49. The number of anilines is 1. The van der Waals surface area contributed by atoms with E-state index in [0.29, 0.717) is 5.92 Å². The number of imidazole rings is 1. The normalized spacial score (nSPS) is 21.9. The quantitative estimate of drug-likeness (QED) is 0.782. The van der Waals surface area contributed by atoms with Crippen molar-refractivity contribution in [3.63, 3.8) is 0 Å². The fourth-order valence-corrected chi connectivity index (χ4v) is 2.39. The summed E-state index contributed by atoms with van der Waals surface area (Å²) in [6.45, 7) is 2.28. The minimum Gasteiger partial charge on any atom is -0.399 e. The van der Waals surface area contributed by atoms with Crippen molar-refractivity contribution in [3.8, 4) is 0 Å². The molecule has 1 aliphatic heterocycles. The van der Waals surface area contributed by atoms with Crippen molar-refractivity contribution in [2.45, 2.75) is 12.3 Å². The summed E-state index contributed by atoms with van der Waals surface area (Å²) in [5, 5.41) is 0. The number of rotatable bonds is 1. The molecule has 2 aromatic heterocycles. The van der Waals surface area contributed by atoms with Crippen LogP contribution in [0.1, 0.15) is 18.0 Å². The topological polar surface area (TPSA) is 46.6 Å². The minimum atomic E-state index is 0.575. The Morgan fingerprint density at radius 2 is 2.38 bits per heavy atom. The van der Waals surface area contributed by atoms with Crippen LogP contribution < -0.4 is 5.73 Å². The number of nitrogens with zero attached hydrogens (tertiary/aromatic N) is 3. The van der Waals surface area contributed by atoms with Crippen LogP contribution in [0.25, 0.3) is 5.65 Å². The average Bonchev–Trinajstić information content (AvgIpc) is 2.83. The van der Waals surface area contributed by atoms with Crippen molar-refractivity contribution in [2.75, 3.05) is 25.9 Å². The Balaban J connectivity index is 1.99. The second-order valence-electron chi connectivity index (χ2n) is 4.64. The molecule has 1 unspecified atom stereocenters. The molecule has 1 aliphatic rings. The van der Waals surface area contributed by atoms with Gasteiger partial charge in [0, 0.05) is 36.6 Å². The largest absolute Gasteiger partial charge is 0.399 e. The van der Waals surface area contributed by atoms with Crippen molar-refractivity contribution in [1.82, 2.24) is 14.3 Å². The molecule has 2 aromatic rings.